The van der Waals surface area contributed by atoms with Gasteiger partial charge in [-0.15, -0.1) is 0 Å². The van der Waals surface area contributed by atoms with Crippen LogP contribution < -0.4 is 9.47 Å². The summed E-state index contributed by atoms with van der Waals surface area (Å²) in [6.07, 6.45) is 12.6. The topological polar surface area (TPSA) is 18.5 Å². The highest BCUT2D eigenvalue weighted by Gasteiger charge is 2.15. The third-order valence-corrected chi connectivity index (χ3v) is 7.37. The van der Waals surface area contributed by atoms with E-state index < -0.39 is 0 Å². The lowest BCUT2D eigenvalue weighted by molar-refractivity contribution is 0.411. The lowest BCUT2D eigenvalue weighted by Gasteiger charge is -2.16. The second-order valence-electron chi connectivity index (χ2n) is 10.1. The predicted molar refractivity (Wildman–Crippen MR) is 156 cm³/mol. The maximum atomic E-state index is 5.90. The van der Waals surface area contributed by atoms with Crippen LogP contribution in [0.3, 0.4) is 0 Å². The Kier molecular flexibility index (Phi) is 9.28. The molecule has 0 amide bonds. The maximum Gasteiger partial charge on any atom is 0.127 e. The first kappa shape index (κ1) is 26.1. The van der Waals surface area contributed by atoms with E-state index in [2.05, 4.69) is 74.5 Å². The van der Waals surface area contributed by atoms with E-state index >= 15 is 0 Å². The first-order valence-electron chi connectivity index (χ1n) is 13.9. The normalized spacial score (nSPS) is 11.3. The molecule has 0 heterocycles. The van der Waals surface area contributed by atoms with Crippen LogP contribution in [0.15, 0.2) is 60.7 Å². The Labute approximate surface area is 217 Å². The van der Waals surface area contributed by atoms with Crippen molar-refractivity contribution in [1.82, 2.24) is 0 Å². The monoisotopic (exact) mass is 482 g/mol. The molecule has 0 radical (unpaired) electrons. The van der Waals surface area contributed by atoms with Gasteiger partial charge in [-0.1, -0.05) is 88.8 Å². The number of rotatable bonds is 13. The van der Waals surface area contributed by atoms with Crippen LogP contribution in [0, 0.1) is 0 Å². The van der Waals surface area contributed by atoms with Crippen molar-refractivity contribution in [3.8, 4) is 22.6 Å². The lowest BCUT2D eigenvalue weighted by Crippen LogP contribution is -1.94. The summed E-state index contributed by atoms with van der Waals surface area (Å²) in [5, 5.41) is 4.92. The zero-order valence-electron chi connectivity index (χ0n) is 22.7. The molecule has 2 nitrogen and oxygen atoms in total. The molecule has 0 bridgehead atoms. The number of fused-ring (bicyclic) bond motifs is 2. The molecule has 190 valence electrons. The number of hydrogen-bond acceptors (Lipinski definition) is 2. The molecule has 0 aromatic heterocycles. The van der Waals surface area contributed by atoms with Crippen LogP contribution in [0.4, 0.5) is 0 Å². The minimum absolute atomic E-state index is 0.885. The first-order valence-corrected chi connectivity index (χ1v) is 13.9. The number of aryl methyl sites for hydroxylation is 2. The summed E-state index contributed by atoms with van der Waals surface area (Å²) >= 11 is 0. The average molecular weight is 483 g/mol. The van der Waals surface area contributed by atoms with Gasteiger partial charge in [0.2, 0.25) is 0 Å². The van der Waals surface area contributed by atoms with Gasteiger partial charge in [-0.05, 0) is 82.6 Å². The SMILES string of the molecule is CCCCCCc1ccc2cc(-c3cc4ccc(CCCCCC)cc4cc3OC)c(OC)cc2c1. The maximum absolute atomic E-state index is 5.90. The van der Waals surface area contributed by atoms with Crippen LogP contribution in [0.5, 0.6) is 11.5 Å². The van der Waals surface area contributed by atoms with Gasteiger partial charge in [-0.2, -0.15) is 0 Å². The second kappa shape index (κ2) is 12.8. The highest BCUT2D eigenvalue weighted by molar-refractivity contribution is 5.96. The molecule has 2 heteroatoms. The number of methoxy groups -OCH3 is 2. The molecule has 0 unspecified atom stereocenters. The van der Waals surface area contributed by atoms with Crippen LogP contribution in [-0.4, -0.2) is 14.2 Å². The van der Waals surface area contributed by atoms with Crippen LogP contribution in [0.1, 0.15) is 76.3 Å². The molecule has 0 aliphatic carbocycles. The predicted octanol–water partition coefficient (Wildman–Crippen LogP) is 9.92. The summed E-state index contributed by atoms with van der Waals surface area (Å²) < 4.78 is 11.8. The smallest absolute Gasteiger partial charge is 0.127 e. The van der Waals surface area contributed by atoms with E-state index in [4.69, 9.17) is 9.47 Å². The fourth-order valence-electron chi connectivity index (χ4n) is 5.23. The lowest BCUT2D eigenvalue weighted by atomic mass is 9.94. The Morgan fingerprint density at radius 1 is 0.472 bits per heavy atom. The van der Waals surface area contributed by atoms with Gasteiger partial charge in [0, 0.05) is 11.1 Å². The quantitative estimate of drug-likeness (QED) is 0.176. The van der Waals surface area contributed by atoms with E-state index in [1.54, 1.807) is 14.2 Å². The Bertz CT molecular complexity index is 1190. The highest BCUT2D eigenvalue weighted by atomic mass is 16.5. The van der Waals surface area contributed by atoms with E-state index in [9.17, 15) is 0 Å². The van der Waals surface area contributed by atoms with Crippen LogP contribution in [0.2, 0.25) is 0 Å². The summed E-state index contributed by atoms with van der Waals surface area (Å²) in [7, 11) is 3.52. The summed E-state index contributed by atoms with van der Waals surface area (Å²) in [6, 6.07) is 22.6. The zero-order chi connectivity index (χ0) is 25.3. The molecule has 4 aromatic rings. The van der Waals surface area contributed by atoms with Crippen LogP contribution in [0.25, 0.3) is 32.7 Å². The highest BCUT2D eigenvalue weighted by Crippen LogP contribution is 2.41. The fraction of sp³-hybridized carbons (Fsp3) is 0.412. The molecule has 36 heavy (non-hydrogen) atoms. The van der Waals surface area contributed by atoms with E-state index in [0.717, 1.165) is 35.5 Å². The Hall–Kier alpha value is -3.00. The molecule has 0 atom stereocenters. The van der Waals surface area contributed by atoms with Crippen molar-refractivity contribution in [3.63, 3.8) is 0 Å². The van der Waals surface area contributed by atoms with Crippen molar-refractivity contribution < 1.29 is 9.47 Å². The molecule has 0 spiro atoms. The summed E-state index contributed by atoms with van der Waals surface area (Å²) in [5.41, 5.74) is 4.95. The minimum atomic E-state index is 0.885. The van der Waals surface area contributed by atoms with Crippen molar-refractivity contribution in [1.29, 1.82) is 0 Å². The number of benzene rings is 4. The van der Waals surface area contributed by atoms with Crippen molar-refractivity contribution in [2.75, 3.05) is 14.2 Å². The van der Waals surface area contributed by atoms with Gasteiger partial charge in [0.05, 0.1) is 14.2 Å². The standard InChI is InChI=1S/C34H42O2/c1-5-7-9-11-13-25-15-17-27-21-31(33(35-3)23-29(27)19-25)32-22-28-18-16-26(14-12-10-8-6-2)20-30(28)24-34(32)36-4/h15-24H,5-14H2,1-4H3. The molecular weight excluding hydrogens is 440 g/mol. The summed E-state index contributed by atoms with van der Waals surface area (Å²) in [5.74, 6) is 1.77. The number of ether oxygens (including phenoxy) is 2. The van der Waals surface area contributed by atoms with Gasteiger partial charge in [-0.25, -0.2) is 0 Å². The third kappa shape index (κ3) is 6.22. The van der Waals surface area contributed by atoms with Crippen molar-refractivity contribution in [2.45, 2.75) is 78.1 Å². The van der Waals surface area contributed by atoms with Crippen molar-refractivity contribution >= 4 is 21.5 Å². The van der Waals surface area contributed by atoms with Crippen LogP contribution in [-0.2, 0) is 12.8 Å². The van der Waals surface area contributed by atoms with Gasteiger partial charge >= 0.3 is 0 Å². The van der Waals surface area contributed by atoms with E-state index in [0.29, 0.717) is 0 Å². The first-order chi connectivity index (χ1) is 17.7. The number of unbranched alkanes of at least 4 members (excludes halogenated alkanes) is 6. The second-order valence-corrected chi connectivity index (χ2v) is 10.1. The zero-order valence-corrected chi connectivity index (χ0v) is 22.7. The molecular formula is C34H42O2. The van der Waals surface area contributed by atoms with Gasteiger partial charge in [0.1, 0.15) is 11.5 Å². The largest absolute Gasteiger partial charge is 0.496 e. The van der Waals surface area contributed by atoms with Crippen LogP contribution >= 0.6 is 0 Å². The van der Waals surface area contributed by atoms with Crippen molar-refractivity contribution in [3.05, 3.63) is 71.8 Å². The van der Waals surface area contributed by atoms with E-state index in [-0.39, 0.29) is 0 Å². The third-order valence-electron chi connectivity index (χ3n) is 7.37. The molecule has 0 saturated heterocycles. The molecule has 0 aliphatic rings. The Morgan fingerprint density at radius 2 is 0.917 bits per heavy atom. The molecule has 0 fully saturated rings. The fourth-order valence-corrected chi connectivity index (χ4v) is 5.23. The average Bonchev–Trinajstić information content (AvgIpc) is 2.91. The Morgan fingerprint density at radius 3 is 1.31 bits per heavy atom. The van der Waals surface area contributed by atoms with Gasteiger partial charge in [-0.3, -0.25) is 0 Å². The molecule has 4 rings (SSSR count). The van der Waals surface area contributed by atoms with Gasteiger partial charge in [0.15, 0.2) is 0 Å². The molecule has 0 aliphatic heterocycles. The van der Waals surface area contributed by atoms with E-state index in [1.807, 2.05) is 0 Å². The van der Waals surface area contributed by atoms with E-state index in [1.165, 1.54) is 84.0 Å². The minimum Gasteiger partial charge on any atom is -0.496 e. The molecule has 0 saturated carbocycles. The van der Waals surface area contributed by atoms with Gasteiger partial charge in [0.25, 0.3) is 0 Å². The molecule has 0 N–H and O–H groups in total. The summed E-state index contributed by atoms with van der Waals surface area (Å²) in [4.78, 5) is 0. The summed E-state index contributed by atoms with van der Waals surface area (Å²) in [6.45, 7) is 4.52. The van der Waals surface area contributed by atoms with Crippen molar-refractivity contribution in [2.24, 2.45) is 0 Å². The van der Waals surface area contributed by atoms with Gasteiger partial charge < -0.3 is 9.47 Å². The number of hydrogen-bond donors (Lipinski definition) is 0. The molecule has 4 aromatic carbocycles. The Balaban J connectivity index is 1.66.